The van der Waals surface area contributed by atoms with Crippen LogP contribution in [0.1, 0.15) is 29.4 Å². The Balaban J connectivity index is 1.41. The molecule has 30 heavy (non-hydrogen) atoms. The minimum atomic E-state index is -0.357. The molecule has 152 valence electrons. The number of hydrogen-bond donors (Lipinski definition) is 2. The first-order valence-electron chi connectivity index (χ1n) is 9.65. The van der Waals surface area contributed by atoms with Gasteiger partial charge in [-0.05, 0) is 37.1 Å². The van der Waals surface area contributed by atoms with Crippen LogP contribution in [0.4, 0.5) is 5.69 Å². The van der Waals surface area contributed by atoms with E-state index in [0.29, 0.717) is 22.8 Å². The zero-order valence-electron chi connectivity index (χ0n) is 16.3. The number of nitrogens with one attached hydrogen (secondary N) is 2. The Morgan fingerprint density at radius 1 is 1.30 bits per heavy atom. The van der Waals surface area contributed by atoms with E-state index in [0.717, 1.165) is 18.4 Å². The van der Waals surface area contributed by atoms with Crippen molar-refractivity contribution in [3.05, 3.63) is 60.9 Å². The predicted octanol–water partition coefficient (Wildman–Crippen LogP) is 3.53. The average molecular weight is 404 g/mol. The molecule has 1 aliphatic carbocycles. The second kappa shape index (κ2) is 7.60. The maximum atomic E-state index is 12.8. The molecule has 4 aromatic rings. The molecule has 9 heteroatoms. The second-order valence-corrected chi connectivity index (χ2v) is 7.17. The summed E-state index contributed by atoms with van der Waals surface area (Å²) in [4.78, 5) is 17.2. The number of H-pyrrole nitrogens is 1. The van der Waals surface area contributed by atoms with Crippen LogP contribution in [0.3, 0.4) is 0 Å². The van der Waals surface area contributed by atoms with Gasteiger partial charge in [-0.2, -0.15) is 10.2 Å². The summed E-state index contributed by atoms with van der Waals surface area (Å²) in [6.07, 6.45) is 8.91. The Morgan fingerprint density at radius 3 is 2.93 bits per heavy atom. The van der Waals surface area contributed by atoms with Gasteiger partial charge in [-0.15, -0.1) is 0 Å². The highest BCUT2D eigenvalue weighted by Gasteiger charge is 2.32. The average Bonchev–Trinajstić information content (AvgIpc) is 3.48. The molecule has 4 heterocycles. The fourth-order valence-corrected chi connectivity index (χ4v) is 3.49. The number of furan rings is 1. The summed E-state index contributed by atoms with van der Waals surface area (Å²) in [6.45, 7) is 0. The van der Waals surface area contributed by atoms with E-state index in [1.54, 1.807) is 37.8 Å². The second-order valence-electron chi connectivity index (χ2n) is 7.17. The maximum absolute atomic E-state index is 12.8. The predicted molar refractivity (Wildman–Crippen MR) is 109 cm³/mol. The SMILES string of the molecule is CO[C@H]1C[C@@H](n2cc(NC(=O)c3ccc(-c4cn[nH]c4)o3)c(-c3ccccn3)n2)C1. The van der Waals surface area contributed by atoms with E-state index in [4.69, 9.17) is 14.3 Å². The van der Waals surface area contributed by atoms with Gasteiger partial charge >= 0.3 is 0 Å². The molecule has 0 aromatic carbocycles. The zero-order chi connectivity index (χ0) is 20.5. The molecular weight excluding hydrogens is 384 g/mol. The Bertz CT molecular complexity index is 1140. The van der Waals surface area contributed by atoms with E-state index in [2.05, 4.69) is 20.5 Å². The van der Waals surface area contributed by atoms with Crippen LogP contribution in [0.5, 0.6) is 0 Å². The van der Waals surface area contributed by atoms with Gasteiger partial charge in [0.05, 0.1) is 35.3 Å². The summed E-state index contributed by atoms with van der Waals surface area (Å²) in [5.41, 5.74) is 2.66. The molecule has 0 spiro atoms. The van der Waals surface area contributed by atoms with Crippen molar-refractivity contribution in [2.45, 2.75) is 25.0 Å². The number of hydrogen-bond acceptors (Lipinski definition) is 6. The van der Waals surface area contributed by atoms with E-state index in [-0.39, 0.29) is 23.8 Å². The molecule has 0 radical (unpaired) electrons. The largest absolute Gasteiger partial charge is 0.451 e. The fourth-order valence-electron chi connectivity index (χ4n) is 3.49. The Hall–Kier alpha value is -3.72. The Labute approximate surface area is 172 Å². The van der Waals surface area contributed by atoms with Gasteiger partial charge in [-0.25, -0.2) is 0 Å². The van der Waals surface area contributed by atoms with Crippen molar-refractivity contribution in [1.82, 2.24) is 25.0 Å². The van der Waals surface area contributed by atoms with Gasteiger partial charge in [0.1, 0.15) is 11.5 Å². The topological polar surface area (TPSA) is 111 Å². The van der Waals surface area contributed by atoms with Crippen LogP contribution in [0, 0.1) is 0 Å². The number of pyridine rings is 1. The number of aromatic nitrogens is 5. The monoisotopic (exact) mass is 404 g/mol. The summed E-state index contributed by atoms with van der Waals surface area (Å²) < 4.78 is 12.9. The molecule has 0 saturated heterocycles. The molecule has 1 fully saturated rings. The lowest BCUT2D eigenvalue weighted by Crippen LogP contribution is -2.32. The van der Waals surface area contributed by atoms with Gasteiger partial charge in [-0.1, -0.05) is 6.07 Å². The van der Waals surface area contributed by atoms with E-state index < -0.39 is 0 Å². The van der Waals surface area contributed by atoms with Crippen molar-refractivity contribution >= 4 is 11.6 Å². The third-order valence-corrected chi connectivity index (χ3v) is 5.28. The van der Waals surface area contributed by atoms with E-state index in [1.165, 1.54) is 0 Å². The van der Waals surface area contributed by atoms with Gasteiger partial charge < -0.3 is 14.5 Å². The highest BCUT2D eigenvalue weighted by Crippen LogP contribution is 2.36. The van der Waals surface area contributed by atoms with Crippen LogP contribution in [-0.2, 0) is 4.74 Å². The molecule has 4 aromatic heterocycles. The molecule has 1 aliphatic rings. The van der Waals surface area contributed by atoms with E-state index >= 15 is 0 Å². The highest BCUT2D eigenvalue weighted by molar-refractivity contribution is 6.04. The number of carbonyl (C=O) groups excluding carboxylic acids is 1. The van der Waals surface area contributed by atoms with Crippen LogP contribution in [0.2, 0.25) is 0 Å². The fraction of sp³-hybridized carbons (Fsp3) is 0.238. The molecule has 0 bridgehead atoms. The minimum absolute atomic E-state index is 0.203. The summed E-state index contributed by atoms with van der Waals surface area (Å²) in [7, 11) is 1.72. The normalized spacial score (nSPS) is 18.2. The molecule has 0 atom stereocenters. The lowest BCUT2D eigenvalue weighted by atomic mass is 9.89. The summed E-state index contributed by atoms with van der Waals surface area (Å²) in [5, 5.41) is 14.3. The number of rotatable bonds is 6. The molecular formula is C21H20N6O3. The van der Waals surface area contributed by atoms with Gasteiger partial charge in [-0.3, -0.25) is 19.6 Å². The molecule has 1 amide bonds. The third kappa shape index (κ3) is 3.39. The van der Waals surface area contributed by atoms with Gasteiger partial charge in [0.25, 0.3) is 5.91 Å². The number of amides is 1. The maximum Gasteiger partial charge on any atom is 0.291 e. The number of anilines is 1. The van der Waals surface area contributed by atoms with Crippen molar-refractivity contribution in [2.75, 3.05) is 12.4 Å². The van der Waals surface area contributed by atoms with Gasteiger partial charge in [0.2, 0.25) is 0 Å². The van der Waals surface area contributed by atoms with Crippen LogP contribution in [0.25, 0.3) is 22.7 Å². The van der Waals surface area contributed by atoms with Crippen LogP contribution in [0.15, 0.2) is 59.5 Å². The molecule has 9 nitrogen and oxygen atoms in total. The Morgan fingerprint density at radius 2 is 2.20 bits per heavy atom. The van der Waals surface area contributed by atoms with Gasteiger partial charge in [0.15, 0.2) is 5.76 Å². The third-order valence-electron chi connectivity index (χ3n) is 5.28. The first-order valence-corrected chi connectivity index (χ1v) is 9.65. The van der Waals surface area contributed by atoms with Crippen LogP contribution < -0.4 is 5.32 Å². The molecule has 2 N–H and O–H groups in total. The van der Waals surface area contributed by atoms with Crippen molar-refractivity contribution in [3.63, 3.8) is 0 Å². The van der Waals surface area contributed by atoms with E-state index in [9.17, 15) is 4.79 Å². The number of nitrogens with zero attached hydrogens (tertiary/aromatic N) is 4. The number of methoxy groups -OCH3 is 1. The first-order chi connectivity index (χ1) is 14.7. The smallest absolute Gasteiger partial charge is 0.291 e. The standard InChI is InChI=1S/C21H20N6O3/c1-29-15-8-14(9-15)27-12-17(20(26-27)16-4-2-3-7-22-16)25-21(28)19-6-5-18(30-19)13-10-23-24-11-13/h2-7,10-12,14-15H,8-9H2,1H3,(H,23,24)(H,25,28)/t14-,15+. The molecule has 1 saturated carbocycles. The number of ether oxygens (including phenoxy) is 1. The lowest BCUT2D eigenvalue weighted by molar-refractivity contribution is 0.00256. The summed E-state index contributed by atoms with van der Waals surface area (Å²) in [6, 6.07) is 9.21. The number of carbonyl (C=O) groups is 1. The lowest BCUT2D eigenvalue weighted by Gasteiger charge is -2.34. The Kier molecular flexibility index (Phi) is 4.64. The quantitative estimate of drug-likeness (QED) is 0.509. The summed E-state index contributed by atoms with van der Waals surface area (Å²) >= 11 is 0. The minimum Gasteiger partial charge on any atom is -0.451 e. The molecule has 0 unspecified atom stereocenters. The molecule has 5 rings (SSSR count). The number of aromatic amines is 1. The van der Waals surface area contributed by atoms with Crippen molar-refractivity contribution in [2.24, 2.45) is 0 Å². The van der Waals surface area contributed by atoms with Gasteiger partial charge in [0, 0.05) is 25.7 Å². The zero-order valence-corrected chi connectivity index (χ0v) is 16.3. The van der Waals surface area contributed by atoms with Crippen LogP contribution in [-0.4, -0.2) is 44.1 Å². The van der Waals surface area contributed by atoms with Crippen molar-refractivity contribution < 1.29 is 13.9 Å². The van der Waals surface area contributed by atoms with Crippen molar-refractivity contribution in [3.8, 4) is 22.7 Å². The van der Waals surface area contributed by atoms with Crippen LogP contribution >= 0.6 is 0 Å². The summed E-state index contributed by atoms with van der Waals surface area (Å²) in [5.74, 6) is 0.411. The van der Waals surface area contributed by atoms with Crippen molar-refractivity contribution in [1.29, 1.82) is 0 Å². The van der Waals surface area contributed by atoms with E-state index in [1.807, 2.05) is 29.1 Å². The highest BCUT2D eigenvalue weighted by atomic mass is 16.5. The first kappa shape index (κ1) is 18.3. The molecule has 0 aliphatic heterocycles.